The van der Waals surface area contributed by atoms with E-state index >= 15 is 0 Å². The number of rotatable bonds is 3. The lowest BCUT2D eigenvalue weighted by molar-refractivity contribution is 0.340. The Morgan fingerprint density at radius 2 is 1.82 bits per heavy atom. The number of aromatic hydroxyl groups is 1. The fraction of sp³-hybridized carbons (Fsp3) is 0.182. The molecular formula is C11H12N2O3S. The van der Waals surface area contributed by atoms with Gasteiger partial charge in [0.05, 0.1) is 19.1 Å². The SMILES string of the molecule is COc1cc(-c2cnc(N)s2)cc(OC)c1O. The first kappa shape index (κ1) is 11.5. The first-order chi connectivity index (χ1) is 8.15. The van der Waals surface area contributed by atoms with E-state index in [1.807, 2.05) is 0 Å². The van der Waals surface area contributed by atoms with Crippen LogP contribution in [0.4, 0.5) is 5.13 Å². The molecule has 2 rings (SSSR count). The number of hydrogen-bond donors (Lipinski definition) is 2. The molecule has 0 saturated carbocycles. The first-order valence-corrected chi connectivity index (χ1v) is 5.64. The lowest BCUT2D eigenvalue weighted by Gasteiger charge is -2.10. The highest BCUT2D eigenvalue weighted by Crippen LogP contribution is 2.41. The molecule has 0 spiro atoms. The van der Waals surface area contributed by atoms with Gasteiger partial charge in [-0.05, 0) is 12.1 Å². The molecule has 5 nitrogen and oxygen atoms in total. The highest BCUT2D eigenvalue weighted by atomic mass is 32.1. The molecule has 90 valence electrons. The summed E-state index contributed by atoms with van der Waals surface area (Å²) in [6.07, 6.45) is 1.67. The molecule has 1 heterocycles. The fourth-order valence-electron chi connectivity index (χ4n) is 1.46. The lowest BCUT2D eigenvalue weighted by Crippen LogP contribution is -1.89. The van der Waals surface area contributed by atoms with E-state index in [1.165, 1.54) is 25.6 Å². The number of phenolic OH excluding ortho intramolecular Hbond substituents is 1. The number of thiazole rings is 1. The Balaban J connectivity index is 2.55. The van der Waals surface area contributed by atoms with Crippen LogP contribution in [0.1, 0.15) is 0 Å². The lowest BCUT2D eigenvalue weighted by atomic mass is 10.1. The van der Waals surface area contributed by atoms with Gasteiger partial charge in [-0.15, -0.1) is 0 Å². The molecule has 0 amide bonds. The summed E-state index contributed by atoms with van der Waals surface area (Å²) in [5.41, 5.74) is 6.42. The second kappa shape index (κ2) is 4.50. The molecule has 0 aliphatic heterocycles. The van der Waals surface area contributed by atoms with E-state index in [4.69, 9.17) is 15.2 Å². The fourth-order valence-corrected chi connectivity index (χ4v) is 2.13. The van der Waals surface area contributed by atoms with Crippen LogP contribution >= 0.6 is 11.3 Å². The zero-order valence-electron chi connectivity index (χ0n) is 9.43. The van der Waals surface area contributed by atoms with Crippen molar-refractivity contribution in [1.82, 2.24) is 4.98 Å². The van der Waals surface area contributed by atoms with Crippen LogP contribution in [-0.4, -0.2) is 24.3 Å². The maximum atomic E-state index is 9.78. The maximum absolute atomic E-state index is 9.78. The van der Waals surface area contributed by atoms with Crippen molar-refractivity contribution in [2.75, 3.05) is 20.0 Å². The van der Waals surface area contributed by atoms with E-state index in [9.17, 15) is 5.11 Å². The molecule has 3 N–H and O–H groups in total. The molecule has 6 heteroatoms. The summed E-state index contributed by atoms with van der Waals surface area (Å²) >= 11 is 1.36. The van der Waals surface area contributed by atoms with Gasteiger partial charge in [-0.25, -0.2) is 4.98 Å². The molecule has 0 aliphatic rings. The van der Waals surface area contributed by atoms with Gasteiger partial charge in [0.15, 0.2) is 16.6 Å². The number of aromatic nitrogens is 1. The summed E-state index contributed by atoms with van der Waals surface area (Å²) in [6, 6.07) is 3.43. The van der Waals surface area contributed by atoms with Crippen molar-refractivity contribution < 1.29 is 14.6 Å². The molecule has 0 atom stereocenters. The number of hydrogen-bond acceptors (Lipinski definition) is 6. The molecule has 0 saturated heterocycles. The van der Waals surface area contributed by atoms with E-state index in [2.05, 4.69) is 4.98 Å². The number of anilines is 1. The van der Waals surface area contributed by atoms with E-state index < -0.39 is 0 Å². The second-order valence-corrected chi connectivity index (χ2v) is 4.35. The van der Waals surface area contributed by atoms with Crippen molar-refractivity contribution in [1.29, 1.82) is 0 Å². The minimum absolute atomic E-state index is 0.0174. The van der Waals surface area contributed by atoms with Gasteiger partial charge in [0.2, 0.25) is 5.75 Å². The molecular weight excluding hydrogens is 240 g/mol. The number of nitrogens with zero attached hydrogens (tertiary/aromatic N) is 1. The zero-order valence-corrected chi connectivity index (χ0v) is 10.2. The average Bonchev–Trinajstić information content (AvgIpc) is 2.76. The summed E-state index contributed by atoms with van der Waals surface area (Å²) in [5, 5.41) is 10.3. The Labute approximate surface area is 102 Å². The molecule has 0 bridgehead atoms. The van der Waals surface area contributed by atoms with Crippen molar-refractivity contribution in [2.24, 2.45) is 0 Å². The van der Waals surface area contributed by atoms with Crippen LogP contribution in [0.2, 0.25) is 0 Å². The van der Waals surface area contributed by atoms with E-state index in [0.717, 1.165) is 10.4 Å². The van der Waals surface area contributed by atoms with Crippen molar-refractivity contribution >= 4 is 16.5 Å². The third-order valence-electron chi connectivity index (χ3n) is 2.29. The van der Waals surface area contributed by atoms with Crippen molar-refractivity contribution in [3.8, 4) is 27.7 Å². The number of phenols is 1. The predicted molar refractivity (Wildman–Crippen MR) is 66.7 cm³/mol. The van der Waals surface area contributed by atoms with E-state index in [-0.39, 0.29) is 5.75 Å². The highest BCUT2D eigenvalue weighted by molar-refractivity contribution is 7.18. The van der Waals surface area contributed by atoms with Gasteiger partial charge in [-0.3, -0.25) is 0 Å². The molecule has 17 heavy (non-hydrogen) atoms. The van der Waals surface area contributed by atoms with Crippen LogP contribution in [0.3, 0.4) is 0 Å². The van der Waals surface area contributed by atoms with Gasteiger partial charge in [0.1, 0.15) is 0 Å². The number of methoxy groups -OCH3 is 2. The molecule has 0 unspecified atom stereocenters. The minimum Gasteiger partial charge on any atom is -0.502 e. The van der Waals surface area contributed by atoms with Gasteiger partial charge in [-0.2, -0.15) is 0 Å². The Morgan fingerprint density at radius 1 is 1.24 bits per heavy atom. The maximum Gasteiger partial charge on any atom is 0.200 e. The number of nitrogen functional groups attached to an aromatic ring is 1. The normalized spacial score (nSPS) is 10.2. The third kappa shape index (κ3) is 2.12. The molecule has 1 aromatic carbocycles. The van der Waals surface area contributed by atoms with E-state index in [0.29, 0.717) is 16.6 Å². The molecule has 0 radical (unpaired) electrons. The standard InChI is InChI=1S/C11H12N2O3S/c1-15-7-3-6(4-8(16-2)10(7)14)9-5-13-11(12)17-9/h3-5,14H,1-2H3,(H2,12,13). The zero-order chi connectivity index (χ0) is 12.4. The number of ether oxygens (including phenoxy) is 2. The van der Waals surface area contributed by atoms with Gasteiger partial charge >= 0.3 is 0 Å². The summed E-state index contributed by atoms with van der Waals surface area (Å²) in [4.78, 5) is 4.87. The predicted octanol–water partition coefficient (Wildman–Crippen LogP) is 2.12. The van der Waals surface area contributed by atoms with Crippen LogP contribution in [0, 0.1) is 0 Å². The Hall–Kier alpha value is -1.95. The highest BCUT2D eigenvalue weighted by Gasteiger charge is 2.13. The second-order valence-electron chi connectivity index (χ2n) is 3.29. The topological polar surface area (TPSA) is 77.6 Å². The molecule has 2 aromatic rings. The van der Waals surface area contributed by atoms with Crippen LogP contribution in [0.15, 0.2) is 18.3 Å². The monoisotopic (exact) mass is 252 g/mol. The third-order valence-corrected chi connectivity index (χ3v) is 3.16. The molecule has 1 aromatic heterocycles. The van der Waals surface area contributed by atoms with Crippen LogP contribution < -0.4 is 15.2 Å². The van der Waals surface area contributed by atoms with Crippen molar-refractivity contribution in [3.05, 3.63) is 18.3 Å². The summed E-state index contributed by atoms with van der Waals surface area (Å²) in [7, 11) is 2.97. The van der Waals surface area contributed by atoms with Crippen LogP contribution in [0.5, 0.6) is 17.2 Å². The molecule has 0 fully saturated rings. The molecule has 0 aliphatic carbocycles. The smallest absolute Gasteiger partial charge is 0.200 e. The average molecular weight is 252 g/mol. The van der Waals surface area contributed by atoms with Gasteiger partial charge in [0.25, 0.3) is 0 Å². The van der Waals surface area contributed by atoms with Crippen LogP contribution in [-0.2, 0) is 0 Å². The first-order valence-electron chi connectivity index (χ1n) is 4.82. The minimum atomic E-state index is -0.0174. The Morgan fingerprint density at radius 3 is 2.24 bits per heavy atom. The summed E-state index contributed by atoms with van der Waals surface area (Å²) in [6.45, 7) is 0. The van der Waals surface area contributed by atoms with Gasteiger partial charge < -0.3 is 20.3 Å². The number of benzene rings is 1. The van der Waals surface area contributed by atoms with E-state index in [1.54, 1.807) is 18.3 Å². The quantitative estimate of drug-likeness (QED) is 0.874. The van der Waals surface area contributed by atoms with Crippen molar-refractivity contribution in [2.45, 2.75) is 0 Å². The Bertz CT molecular complexity index is 514. The van der Waals surface area contributed by atoms with Crippen LogP contribution in [0.25, 0.3) is 10.4 Å². The Kier molecular flexibility index (Phi) is 3.06. The van der Waals surface area contributed by atoms with Gasteiger partial charge in [-0.1, -0.05) is 11.3 Å². The van der Waals surface area contributed by atoms with Gasteiger partial charge in [0, 0.05) is 11.8 Å². The largest absolute Gasteiger partial charge is 0.502 e. The summed E-state index contributed by atoms with van der Waals surface area (Å²) in [5.74, 6) is 0.689. The summed E-state index contributed by atoms with van der Waals surface area (Å²) < 4.78 is 10.2. The number of nitrogens with two attached hydrogens (primary N) is 1. The van der Waals surface area contributed by atoms with Crippen molar-refractivity contribution in [3.63, 3.8) is 0 Å².